The molecule has 0 atom stereocenters. The number of thiophene rings is 1. The Morgan fingerprint density at radius 2 is 2.26 bits per heavy atom. The van der Waals surface area contributed by atoms with E-state index in [0.717, 1.165) is 10.2 Å². The fourth-order valence-electron chi connectivity index (χ4n) is 1.90. The second-order valence-corrected chi connectivity index (χ2v) is 5.76. The number of hydrogen-bond donors (Lipinski definition) is 1. The number of benzene rings is 1. The first kappa shape index (κ1) is 15.2. The zero-order valence-electron chi connectivity index (χ0n) is 11.6. The minimum Gasteiger partial charge on any atom is -0.467 e. The van der Waals surface area contributed by atoms with E-state index in [-0.39, 0.29) is 17.5 Å². The van der Waals surface area contributed by atoms with Crippen LogP contribution in [-0.2, 0) is 4.79 Å². The van der Waals surface area contributed by atoms with Gasteiger partial charge in [0, 0.05) is 5.69 Å². The summed E-state index contributed by atoms with van der Waals surface area (Å²) >= 11 is 7.39. The minimum atomic E-state index is -0.354. The van der Waals surface area contributed by atoms with Gasteiger partial charge in [0.1, 0.15) is 17.2 Å². The van der Waals surface area contributed by atoms with Crippen LogP contribution in [0.3, 0.4) is 0 Å². The van der Waals surface area contributed by atoms with Crippen molar-refractivity contribution in [3.8, 4) is 11.9 Å². The molecule has 0 unspecified atom stereocenters. The Morgan fingerprint density at radius 1 is 1.39 bits per heavy atom. The highest BCUT2D eigenvalue weighted by Gasteiger charge is 2.10. The maximum atomic E-state index is 11.9. The zero-order valence-corrected chi connectivity index (χ0v) is 13.2. The van der Waals surface area contributed by atoms with Gasteiger partial charge in [0.2, 0.25) is 5.88 Å². The molecule has 3 rings (SSSR count). The average Bonchev–Trinajstić information content (AvgIpc) is 3.02. The molecule has 0 aliphatic carbocycles. The van der Waals surface area contributed by atoms with E-state index >= 15 is 0 Å². The molecule has 0 saturated carbocycles. The first-order valence-electron chi connectivity index (χ1n) is 6.48. The fourth-order valence-corrected chi connectivity index (χ4v) is 2.84. The van der Waals surface area contributed by atoms with Gasteiger partial charge in [-0.05, 0) is 29.6 Å². The first-order chi connectivity index (χ1) is 11.2. The third kappa shape index (κ3) is 3.39. The van der Waals surface area contributed by atoms with Gasteiger partial charge in [0.15, 0.2) is 6.61 Å². The van der Waals surface area contributed by atoms with Gasteiger partial charge in [0.05, 0.1) is 16.0 Å². The van der Waals surface area contributed by atoms with E-state index < -0.39 is 0 Å². The van der Waals surface area contributed by atoms with Crippen molar-refractivity contribution >= 4 is 44.7 Å². The molecule has 8 heteroatoms. The topological polar surface area (TPSA) is 87.9 Å². The van der Waals surface area contributed by atoms with E-state index in [4.69, 9.17) is 21.6 Å². The summed E-state index contributed by atoms with van der Waals surface area (Å²) in [6, 6.07) is 8.45. The molecule has 0 aliphatic rings. The lowest BCUT2D eigenvalue weighted by Gasteiger charge is -2.08. The Labute approximate surface area is 140 Å². The molecule has 1 aromatic carbocycles. The van der Waals surface area contributed by atoms with Crippen LogP contribution in [0.1, 0.15) is 5.56 Å². The summed E-state index contributed by atoms with van der Waals surface area (Å²) in [5.41, 5.74) is 0.840. The molecule has 0 bridgehead atoms. The van der Waals surface area contributed by atoms with E-state index in [1.54, 1.807) is 6.07 Å². The van der Waals surface area contributed by atoms with Crippen molar-refractivity contribution in [2.75, 3.05) is 11.9 Å². The van der Waals surface area contributed by atoms with Crippen LogP contribution in [0.4, 0.5) is 5.69 Å². The van der Waals surface area contributed by atoms with Crippen LogP contribution < -0.4 is 10.1 Å². The minimum absolute atomic E-state index is 0.195. The number of carbonyl (C=O) groups excluding carboxylic acids is 1. The molecule has 0 spiro atoms. The van der Waals surface area contributed by atoms with Gasteiger partial charge in [-0.2, -0.15) is 5.26 Å². The SMILES string of the molecule is N#Cc1ccc(NC(=O)COc2ncnc3sccc23)cc1Cl. The molecule has 0 saturated heterocycles. The van der Waals surface area contributed by atoms with Crippen molar-refractivity contribution in [2.45, 2.75) is 0 Å². The summed E-state index contributed by atoms with van der Waals surface area (Å²) in [6.07, 6.45) is 1.40. The fraction of sp³-hybridized carbons (Fsp3) is 0.0667. The summed E-state index contributed by atoms with van der Waals surface area (Å²) in [5.74, 6) is 0.0111. The maximum absolute atomic E-state index is 11.9. The quantitative estimate of drug-likeness (QED) is 0.785. The van der Waals surface area contributed by atoms with Gasteiger partial charge in [0.25, 0.3) is 5.91 Å². The lowest BCUT2D eigenvalue weighted by molar-refractivity contribution is -0.118. The smallest absolute Gasteiger partial charge is 0.262 e. The Balaban J connectivity index is 1.65. The van der Waals surface area contributed by atoms with Crippen LogP contribution in [0.2, 0.25) is 5.02 Å². The van der Waals surface area contributed by atoms with Gasteiger partial charge < -0.3 is 10.1 Å². The van der Waals surface area contributed by atoms with Gasteiger partial charge in [-0.15, -0.1) is 11.3 Å². The van der Waals surface area contributed by atoms with Gasteiger partial charge in [-0.25, -0.2) is 9.97 Å². The average molecular weight is 345 g/mol. The van der Waals surface area contributed by atoms with Crippen LogP contribution in [0.15, 0.2) is 36.0 Å². The second-order valence-electron chi connectivity index (χ2n) is 4.46. The Kier molecular flexibility index (Phi) is 4.37. The van der Waals surface area contributed by atoms with Gasteiger partial charge in [-0.3, -0.25) is 4.79 Å². The lowest BCUT2D eigenvalue weighted by Crippen LogP contribution is -2.20. The van der Waals surface area contributed by atoms with E-state index in [1.165, 1.54) is 29.8 Å². The molecule has 0 aliphatic heterocycles. The molecule has 0 fully saturated rings. The number of halogens is 1. The van der Waals surface area contributed by atoms with Gasteiger partial charge >= 0.3 is 0 Å². The molecular weight excluding hydrogens is 336 g/mol. The Bertz CT molecular complexity index is 919. The van der Waals surface area contributed by atoms with E-state index in [0.29, 0.717) is 17.1 Å². The maximum Gasteiger partial charge on any atom is 0.262 e. The number of carbonyl (C=O) groups is 1. The predicted octanol–water partition coefficient (Wildman–Crippen LogP) is 3.23. The molecule has 2 aromatic heterocycles. The standard InChI is InChI=1S/C15H9ClN4O2S/c16-12-5-10(2-1-9(12)6-17)20-13(21)7-22-14-11-3-4-23-15(11)19-8-18-14/h1-5,8H,7H2,(H,20,21). The number of nitriles is 1. The van der Waals surface area contributed by atoms with Crippen LogP contribution in [-0.4, -0.2) is 22.5 Å². The Morgan fingerprint density at radius 3 is 3.04 bits per heavy atom. The van der Waals surface area contributed by atoms with Crippen molar-refractivity contribution < 1.29 is 9.53 Å². The van der Waals surface area contributed by atoms with E-state index in [2.05, 4.69) is 15.3 Å². The molecule has 3 aromatic rings. The van der Waals surface area contributed by atoms with E-state index in [9.17, 15) is 4.79 Å². The third-order valence-electron chi connectivity index (χ3n) is 2.94. The highest BCUT2D eigenvalue weighted by atomic mass is 35.5. The molecule has 114 valence electrons. The number of amides is 1. The number of anilines is 1. The van der Waals surface area contributed by atoms with Gasteiger partial charge in [-0.1, -0.05) is 11.6 Å². The summed E-state index contributed by atoms with van der Waals surface area (Å²) in [5, 5.41) is 14.4. The first-order valence-corrected chi connectivity index (χ1v) is 7.73. The number of nitrogens with zero attached hydrogens (tertiary/aromatic N) is 3. The number of rotatable bonds is 4. The second kappa shape index (κ2) is 6.60. The summed E-state index contributed by atoms with van der Waals surface area (Å²) in [6.45, 7) is -0.195. The number of ether oxygens (including phenoxy) is 1. The van der Waals surface area contributed by atoms with Crippen molar-refractivity contribution in [1.29, 1.82) is 5.26 Å². The van der Waals surface area contributed by atoms with Crippen molar-refractivity contribution in [2.24, 2.45) is 0 Å². The molecular formula is C15H9ClN4O2S. The van der Waals surface area contributed by atoms with E-state index in [1.807, 2.05) is 17.5 Å². The molecule has 23 heavy (non-hydrogen) atoms. The highest BCUT2D eigenvalue weighted by molar-refractivity contribution is 7.16. The highest BCUT2D eigenvalue weighted by Crippen LogP contribution is 2.25. The monoisotopic (exact) mass is 344 g/mol. The van der Waals surface area contributed by atoms with Crippen LogP contribution >= 0.6 is 22.9 Å². The molecule has 2 heterocycles. The molecule has 0 radical (unpaired) electrons. The van der Waals surface area contributed by atoms with Crippen LogP contribution in [0, 0.1) is 11.3 Å². The summed E-state index contributed by atoms with van der Waals surface area (Å²) in [7, 11) is 0. The number of hydrogen-bond acceptors (Lipinski definition) is 6. The number of fused-ring (bicyclic) bond motifs is 1. The van der Waals surface area contributed by atoms with Crippen LogP contribution in [0.5, 0.6) is 5.88 Å². The number of nitrogens with one attached hydrogen (secondary N) is 1. The third-order valence-corrected chi connectivity index (χ3v) is 4.07. The molecule has 1 amide bonds. The van der Waals surface area contributed by atoms with Crippen molar-refractivity contribution in [3.63, 3.8) is 0 Å². The predicted molar refractivity (Wildman–Crippen MR) is 87.7 cm³/mol. The Hall–Kier alpha value is -2.69. The molecule has 1 N–H and O–H groups in total. The normalized spacial score (nSPS) is 10.3. The largest absolute Gasteiger partial charge is 0.467 e. The molecule has 6 nitrogen and oxygen atoms in total. The van der Waals surface area contributed by atoms with Crippen molar-refractivity contribution in [3.05, 3.63) is 46.6 Å². The zero-order chi connectivity index (χ0) is 16.2. The summed E-state index contributed by atoms with van der Waals surface area (Å²) < 4.78 is 5.44. The summed E-state index contributed by atoms with van der Waals surface area (Å²) in [4.78, 5) is 20.9. The lowest BCUT2D eigenvalue weighted by atomic mass is 10.2. The van der Waals surface area contributed by atoms with Crippen molar-refractivity contribution in [1.82, 2.24) is 9.97 Å². The number of aromatic nitrogens is 2. The van der Waals surface area contributed by atoms with Crippen LogP contribution in [0.25, 0.3) is 10.2 Å².